The third-order valence-electron chi connectivity index (χ3n) is 15.3. The molecule has 6 heterocycles. The second-order valence-corrected chi connectivity index (χ2v) is 19.6. The lowest BCUT2D eigenvalue weighted by Crippen LogP contribution is -2.06. The van der Waals surface area contributed by atoms with Crippen LogP contribution in [0.2, 0.25) is 0 Å². The lowest BCUT2D eigenvalue weighted by Gasteiger charge is -2.18. The molecule has 0 N–H and O–H groups in total. The van der Waals surface area contributed by atoms with Gasteiger partial charge in [0, 0.05) is 88.3 Å². The quantitative estimate of drug-likeness (QED) is 0.158. The minimum atomic E-state index is 0.206. The Morgan fingerprint density at radius 2 is 0.947 bits per heavy atom. The number of pyridine rings is 1. The van der Waals surface area contributed by atoms with E-state index in [1.807, 2.05) is 66.9 Å². The van der Waals surface area contributed by atoms with Crippen molar-refractivity contribution >= 4 is 87.5 Å². The zero-order chi connectivity index (χ0) is 49.8. The third-order valence-corrected chi connectivity index (χ3v) is 15.3. The zero-order valence-electron chi connectivity index (χ0n) is 40.8. The first kappa shape index (κ1) is 42.3. The summed E-state index contributed by atoms with van der Waals surface area (Å²) in [6.45, 7) is 0. The molecule has 6 aromatic heterocycles. The van der Waals surface area contributed by atoms with Gasteiger partial charge in [0.25, 0.3) is 0 Å². The van der Waals surface area contributed by atoms with Gasteiger partial charge in [-0.25, -0.2) is 15.0 Å². The Labute approximate surface area is 434 Å². The molecule has 0 saturated carbocycles. The molecule has 1 unspecified atom stereocenters. The second-order valence-electron chi connectivity index (χ2n) is 19.6. The Bertz CT molecular complexity index is 4850. The lowest BCUT2D eigenvalue weighted by atomic mass is 9.97. The fraction of sp³-hybridized carbons (Fsp3) is 0.0294. The molecule has 356 valence electrons. The van der Waals surface area contributed by atoms with E-state index in [0.717, 1.165) is 117 Å². The highest BCUT2D eigenvalue weighted by Gasteiger charge is 2.25. The normalized spacial score (nSPS) is 13.8. The van der Waals surface area contributed by atoms with E-state index in [-0.39, 0.29) is 6.04 Å². The maximum atomic E-state index is 6.70. The number of allylic oxidation sites excluding steroid dienone is 4. The Morgan fingerprint density at radius 3 is 1.62 bits per heavy atom. The number of aromatic nitrogens is 6. The molecular formula is C68H42N6O2. The minimum absolute atomic E-state index is 0.206. The van der Waals surface area contributed by atoms with E-state index in [1.165, 1.54) is 21.8 Å². The van der Waals surface area contributed by atoms with Crippen LogP contribution in [0.3, 0.4) is 0 Å². The summed E-state index contributed by atoms with van der Waals surface area (Å²) in [6.07, 6.45) is 11.8. The monoisotopic (exact) mass is 974 g/mol. The van der Waals surface area contributed by atoms with Gasteiger partial charge in [-0.2, -0.15) is 0 Å². The second kappa shape index (κ2) is 16.7. The van der Waals surface area contributed by atoms with Gasteiger partial charge in [-0.1, -0.05) is 146 Å². The number of para-hydroxylation sites is 3. The summed E-state index contributed by atoms with van der Waals surface area (Å²) in [7, 11) is 0. The van der Waals surface area contributed by atoms with Crippen molar-refractivity contribution in [1.29, 1.82) is 0 Å². The first-order valence-electron chi connectivity index (χ1n) is 25.7. The van der Waals surface area contributed by atoms with Crippen molar-refractivity contribution < 1.29 is 8.83 Å². The van der Waals surface area contributed by atoms with Gasteiger partial charge < -0.3 is 18.0 Å². The SMILES string of the molecule is C1=CCC(n2c3ccccc3c3c4c(ccc32)oc2ccc(-c3cnc(-c5ccc6oc7ccc8c(c9ccccc9n8-c8ccccc8)c7c6c5)c(-c5nc(-c6ccccc6)nc(-c6ccccc6)n5)c3)cc24)C=C1. The maximum absolute atomic E-state index is 6.70. The van der Waals surface area contributed by atoms with Crippen molar-refractivity contribution in [3.05, 3.63) is 237 Å². The van der Waals surface area contributed by atoms with Gasteiger partial charge in [0.15, 0.2) is 17.5 Å². The number of furan rings is 2. The number of hydrogen-bond acceptors (Lipinski definition) is 6. The Morgan fingerprint density at radius 1 is 0.395 bits per heavy atom. The molecular weight excluding hydrogens is 933 g/mol. The predicted molar refractivity (Wildman–Crippen MR) is 309 cm³/mol. The van der Waals surface area contributed by atoms with Crippen molar-refractivity contribution in [1.82, 2.24) is 29.1 Å². The summed E-state index contributed by atoms with van der Waals surface area (Å²) in [5.41, 5.74) is 15.1. The highest BCUT2D eigenvalue weighted by atomic mass is 16.3. The largest absolute Gasteiger partial charge is 0.456 e. The van der Waals surface area contributed by atoms with E-state index in [1.54, 1.807) is 0 Å². The highest BCUT2D eigenvalue weighted by molar-refractivity contribution is 6.29. The van der Waals surface area contributed by atoms with Crippen molar-refractivity contribution in [2.45, 2.75) is 12.5 Å². The van der Waals surface area contributed by atoms with Crippen molar-refractivity contribution in [3.8, 4) is 62.2 Å². The first-order chi connectivity index (χ1) is 37.7. The Balaban J connectivity index is 0.934. The van der Waals surface area contributed by atoms with Crippen LogP contribution in [-0.2, 0) is 0 Å². The molecule has 0 fully saturated rings. The van der Waals surface area contributed by atoms with Crippen LogP contribution in [0.1, 0.15) is 12.5 Å². The number of hydrogen-bond donors (Lipinski definition) is 0. The van der Waals surface area contributed by atoms with Crippen LogP contribution < -0.4 is 0 Å². The van der Waals surface area contributed by atoms with Crippen molar-refractivity contribution in [3.63, 3.8) is 0 Å². The van der Waals surface area contributed by atoms with E-state index < -0.39 is 0 Å². The summed E-state index contributed by atoms with van der Waals surface area (Å²) in [6, 6.07) is 72.1. The first-order valence-corrected chi connectivity index (χ1v) is 25.7. The fourth-order valence-electron chi connectivity index (χ4n) is 11.9. The third kappa shape index (κ3) is 6.50. The molecule has 1 aliphatic rings. The standard InChI is InChI=1S/C68H42N6O2/c1-5-17-41(18-6-1)66-70-67(42-19-7-2-8-20-42)72-68(71-66)52-39-45(43-29-33-57-50(37-43)63-59(75-57)35-31-55-61(63)48-25-13-15-27-53(48)73(55)46-21-9-3-10-22-46)40-69-65(52)44-30-34-58-51(38-44)64-60(76-58)36-32-56-62(64)49-26-14-16-28-54(49)74(56)47-23-11-4-12-24-47/h1-21,23-40,46H,22H2. The molecule has 0 amide bonds. The van der Waals surface area contributed by atoms with Gasteiger partial charge in [0.05, 0.1) is 28.3 Å². The van der Waals surface area contributed by atoms with Gasteiger partial charge >= 0.3 is 0 Å². The number of fused-ring (bicyclic) bond motifs is 14. The summed E-state index contributed by atoms with van der Waals surface area (Å²) in [5.74, 6) is 1.66. The van der Waals surface area contributed by atoms with Crippen LogP contribution >= 0.6 is 0 Å². The number of benzene rings is 9. The molecule has 1 atom stereocenters. The van der Waals surface area contributed by atoms with Gasteiger partial charge in [-0.05, 0) is 96.9 Å². The average molecular weight is 975 g/mol. The molecule has 15 aromatic rings. The smallest absolute Gasteiger partial charge is 0.166 e. The van der Waals surface area contributed by atoms with Crippen LogP contribution in [-0.4, -0.2) is 29.1 Å². The van der Waals surface area contributed by atoms with Gasteiger partial charge in [0.2, 0.25) is 0 Å². The maximum Gasteiger partial charge on any atom is 0.166 e. The predicted octanol–water partition coefficient (Wildman–Crippen LogP) is 17.7. The minimum Gasteiger partial charge on any atom is -0.456 e. The van der Waals surface area contributed by atoms with E-state index in [4.69, 9.17) is 28.8 Å². The molecule has 0 saturated heterocycles. The van der Waals surface area contributed by atoms with Crippen molar-refractivity contribution in [2.24, 2.45) is 0 Å². The molecule has 0 spiro atoms. The molecule has 0 radical (unpaired) electrons. The molecule has 8 heteroatoms. The highest BCUT2D eigenvalue weighted by Crippen LogP contribution is 2.46. The van der Waals surface area contributed by atoms with E-state index >= 15 is 0 Å². The van der Waals surface area contributed by atoms with Crippen LogP contribution in [0.15, 0.2) is 246 Å². The molecule has 76 heavy (non-hydrogen) atoms. The molecule has 16 rings (SSSR count). The zero-order valence-corrected chi connectivity index (χ0v) is 40.8. The van der Waals surface area contributed by atoms with E-state index in [0.29, 0.717) is 17.5 Å². The van der Waals surface area contributed by atoms with E-state index in [9.17, 15) is 0 Å². The molecule has 8 nitrogen and oxygen atoms in total. The van der Waals surface area contributed by atoms with Gasteiger partial charge in [-0.15, -0.1) is 0 Å². The average Bonchev–Trinajstić information content (AvgIpc) is 4.40. The summed E-state index contributed by atoms with van der Waals surface area (Å²) in [4.78, 5) is 21.1. The summed E-state index contributed by atoms with van der Waals surface area (Å²) >= 11 is 0. The summed E-state index contributed by atoms with van der Waals surface area (Å²) < 4.78 is 18.2. The number of rotatable bonds is 7. The number of nitrogens with zero attached hydrogens (tertiary/aromatic N) is 6. The van der Waals surface area contributed by atoms with Crippen LogP contribution in [0.4, 0.5) is 0 Å². The van der Waals surface area contributed by atoms with Gasteiger partial charge in [0.1, 0.15) is 22.3 Å². The lowest BCUT2D eigenvalue weighted by molar-refractivity contribution is 0.647. The fourth-order valence-corrected chi connectivity index (χ4v) is 11.9. The summed E-state index contributed by atoms with van der Waals surface area (Å²) in [5, 5.41) is 8.89. The Hall–Kier alpha value is -10.2. The molecule has 9 aromatic carbocycles. The van der Waals surface area contributed by atoms with E-state index in [2.05, 4.69) is 179 Å². The molecule has 1 aliphatic carbocycles. The van der Waals surface area contributed by atoms with Crippen LogP contribution in [0.5, 0.6) is 0 Å². The topological polar surface area (TPSA) is 87.7 Å². The van der Waals surface area contributed by atoms with Crippen LogP contribution in [0, 0.1) is 0 Å². The molecule has 0 bridgehead atoms. The van der Waals surface area contributed by atoms with Gasteiger partial charge in [-0.3, -0.25) is 4.98 Å². The molecule has 0 aliphatic heterocycles. The Kier molecular flexibility index (Phi) is 9.29. The van der Waals surface area contributed by atoms with Crippen LogP contribution in [0.25, 0.3) is 150 Å². The van der Waals surface area contributed by atoms with Crippen molar-refractivity contribution in [2.75, 3.05) is 0 Å².